The van der Waals surface area contributed by atoms with Crippen LogP contribution >= 0.6 is 0 Å². The fourth-order valence-electron chi connectivity index (χ4n) is 8.02. The summed E-state index contributed by atoms with van der Waals surface area (Å²) in [6.07, 6.45) is -4.78. The number of amides is 1. The van der Waals surface area contributed by atoms with Crippen molar-refractivity contribution in [1.29, 1.82) is 0 Å². The average molecular weight is 1140 g/mol. The average Bonchev–Trinajstić information content (AvgIpc) is 3.42. The summed E-state index contributed by atoms with van der Waals surface area (Å²) >= 11 is 0. The van der Waals surface area contributed by atoms with E-state index in [-0.39, 0.29) is 59.1 Å². The third-order valence-electron chi connectivity index (χ3n) is 12.3. The normalized spacial score (nSPS) is 18.3. The maximum absolute atomic E-state index is 13.2. The van der Waals surface area contributed by atoms with Crippen molar-refractivity contribution in [1.82, 2.24) is 5.32 Å². The van der Waals surface area contributed by atoms with Gasteiger partial charge in [-0.25, -0.2) is 9.59 Å². The summed E-state index contributed by atoms with van der Waals surface area (Å²) in [6, 6.07) is 28.7. The zero-order chi connectivity index (χ0) is 59.5. The van der Waals surface area contributed by atoms with Gasteiger partial charge in [-0.3, -0.25) is 9.59 Å². The van der Waals surface area contributed by atoms with Crippen LogP contribution in [0.4, 0.5) is 4.79 Å². The van der Waals surface area contributed by atoms with Gasteiger partial charge in [0.05, 0.1) is 86.5 Å². The summed E-state index contributed by atoms with van der Waals surface area (Å²) in [7, 11) is 6.41. The zero-order valence-electron chi connectivity index (χ0n) is 49.0. The maximum Gasteiger partial charge on any atom is 0.408 e. The molecule has 1 amide bonds. The topological polar surface area (TPSA) is 241 Å². The number of rotatable bonds is 27. The van der Waals surface area contributed by atoms with Gasteiger partial charge in [0.15, 0.2) is 0 Å². The molecule has 1 saturated heterocycles. The molecular weight excluding hydrogens is 1050 g/mol. The Hall–Kier alpha value is -6.52. The summed E-state index contributed by atoms with van der Waals surface area (Å²) in [6.45, 7) is 15.3. The van der Waals surface area contributed by atoms with Crippen molar-refractivity contribution >= 4 is 24.0 Å². The van der Waals surface area contributed by atoms with Crippen LogP contribution in [-0.4, -0.2) is 143 Å². The molecule has 1 aliphatic rings. The lowest BCUT2D eigenvalue weighted by molar-refractivity contribution is -0.186. The number of esters is 2. The van der Waals surface area contributed by atoms with Crippen LogP contribution in [0.3, 0.4) is 0 Å². The number of ether oxygens (including phenoxy) is 13. The number of methoxy groups -OCH3 is 4. The molecular formula is C61H85NO19. The van der Waals surface area contributed by atoms with Crippen molar-refractivity contribution in [3.8, 4) is 23.0 Å². The number of aliphatic carboxylic acids is 1. The highest BCUT2D eigenvalue weighted by molar-refractivity contribution is 5.80. The standard InChI is InChI=1S/C31H42O9.C30H43NO10/c1-21-29(38-19-23-9-13-26(35-6)14-10-23)27(37-18-22-7-11-25(34-5)12-8-22)20-36-16-15-24(30(33)39-21)17-28(32)40-31(2,3)4;1-20(32)27(40-18-22-9-13-24(37-6)14-10-22)26(39-17-21-7-11-23(36-5)12-8-21)19-38-16-15-25(28(33)34)31-29(35)41-30(2,3)4/h7-14,21,24,27,29H,15-20H2,1-6H3;7-14,20,25-27,32H,15-19H2,1-6H3,(H,31,35)(H,33,34)/t21-,24+,27-,29-;20-,25-,26-,27-/m00/s1. The molecule has 1 fully saturated rings. The Kier molecular flexibility index (Phi) is 28.2. The van der Waals surface area contributed by atoms with Crippen molar-refractivity contribution in [2.24, 2.45) is 5.92 Å². The van der Waals surface area contributed by atoms with Gasteiger partial charge in [0, 0.05) is 19.6 Å². The maximum atomic E-state index is 13.2. The summed E-state index contributed by atoms with van der Waals surface area (Å²) in [5.41, 5.74) is 2.23. The first-order chi connectivity index (χ1) is 38.5. The molecule has 4 aromatic rings. The van der Waals surface area contributed by atoms with Gasteiger partial charge in [-0.05, 0) is 133 Å². The van der Waals surface area contributed by atoms with E-state index in [4.69, 9.17) is 61.6 Å². The highest BCUT2D eigenvalue weighted by atomic mass is 16.6. The van der Waals surface area contributed by atoms with Crippen LogP contribution < -0.4 is 24.3 Å². The molecule has 1 heterocycles. The lowest BCUT2D eigenvalue weighted by atomic mass is 10.0. The molecule has 0 saturated carbocycles. The zero-order valence-corrected chi connectivity index (χ0v) is 49.0. The van der Waals surface area contributed by atoms with E-state index in [1.807, 2.05) is 97.1 Å². The van der Waals surface area contributed by atoms with Gasteiger partial charge in [-0.2, -0.15) is 0 Å². The Balaban J connectivity index is 0.000000348. The second-order valence-corrected chi connectivity index (χ2v) is 21.3. The second-order valence-electron chi connectivity index (χ2n) is 21.3. The number of hydrogen-bond acceptors (Lipinski definition) is 18. The van der Waals surface area contributed by atoms with Crippen LogP contribution in [0.5, 0.6) is 23.0 Å². The van der Waals surface area contributed by atoms with Gasteiger partial charge in [-0.15, -0.1) is 0 Å². The van der Waals surface area contributed by atoms with Crippen molar-refractivity contribution in [2.45, 2.75) is 155 Å². The van der Waals surface area contributed by atoms with Crippen molar-refractivity contribution < 1.29 is 91.0 Å². The largest absolute Gasteiger partial charge is 0.497 e. The lowest BCUT2D eigenvalue weighted by Gasteiger charge is -2.33. The number of carboxylic acid groups (broad SMARTS) is 1. The van der Waals surface area contributed by atoms with E-state index in [0.29, 0.717) is 18.8 Å². The fraction of sp³-hybridized carbons (Fsp3) is 0.541. The smallest absolute Gasteiger partial charge is 0.408 e. The number of nitrogens with one attached hydrogen (secondary N) is 1. The molecule has 0 spiro atoms. The number of hydrogen-bond donors (Lipinski definition) is 3. The summed E-state index contributed by atoms with van der Waals surface area (Å²) in [4.78, 5) is 49.3. The number of aliphatic hydroxyl groups is 1. The minimum atomic E-state index is -1.21. The third-order valence-corrected chi connectivity index (χ3v) is 12.3. The van der Waals surface area contributed by atoms with Crippen LogP contribution in [0.2, 0.25) is 0 Å². The third kappa shape index (κ3) is 25.4. The summed E-state index contributed by atoms with van der Waals surface area (Å²) in [5.74, 6) is 0.0978. The predicted molar refractivity (Wildman–Crippen MR) is 299 cm³/mol. The second kappa shape index (κ2) is 34.0. The summed E-state index contributed by atoms with van der Waals surface area (Å²) in [5, 5.41) is 22.5. The Morgan fingerprint density at radius 1 is 0.667 bits per heavy atom. The van der Waals surface area contributed by atoms with Crippen molar-refractivity contribution in [2.75, 3.05) is 54.9 Å². The minimum absolute atomic E-state index is 0.000168. The fourth-order valence-corrected chi connectivity index (χ4v) is 8.02. The van der Waals surface area contributed by atoms with E-state index in [0.717, 1.165) is 39.5 Å². The SMILES string of the molecule is COc1ccc(CO[C@@H]([C@H](C)O)[C@H](COCC[C@H](NC(=O)OC(C)(C)C)C(=O)O)OCc2ccc(OC)cc2)cc1.COc1ccc(CO[C@H]2[C@H](C)OC(=O)[C@@H](CC(=O)OC(C)(C)C)CCOC[C@@H]2OCc2ccc(OC)cc2)cc1. The van der Waals surface area contributed by atoms with Crippen LogP contribution in [0.25, 0.3) is 0 Å². The van der Waals surface area contributed by atoms with E-state index in [1.165, 1.54) is 0 Å². The Morgan fingerprint density at radius 2 is 1.12 bits per heavy atom. The number of cyclic esters (lactones) is 1. The van der Waals surface area contributed by atoms with E-state index in [2.05, 4.69) is 5.32 Å². The number of carbonyl (C=O) groups excluding carboxylic acids is 3. The predicted octanol–water partition coefficient (Wildman–Crippen LogP) is 8.81. The molecule has 0 aromatic heterocycles. The van der Waals surface area contributed by atoms with E-state index >= 15 is 0 Å². The molecule has 448 valence electrons. The van der Waals surface area contributed by atoms with Gasteiger partial charge in [0.25, 0.3) is 0 Å². The molecule has 0 aliphatic carbocycles. The Bertz CT molecular complexity index is 2460. The Labute approximate surface area is 476 Å². The molecule has 0 radical (unpaired) electrons. The van der Waals surface area contributed by atoms with Crippen LogP contribution in [0.15, 0.2) is 97.1 Å². The Morgan fingerprint density at radius 3 is 1.57 bits per heavy atom. The molecule has 20 heteroatoms. The minimum Gasteiger partial charge on any atom is -0.497 e. The number of carbonyl (C=O) groups is 4. The quantitative estimate of drug-likeness (QED) is 0.0287. The van der Waals surface area contributed by atoms with Gasteiger partial charge in [0.2, 0.25) is 0 Å². The van der Waals surface area contributed by atoms with Gasteiger partial charge in [0.1, 0.15) is 70.8 Å². The molecule has 81 heavy (non-hydrogen) atoms. The van der Waals surface area contributed by atoms with Crippen LogP contribution in [0.1, 0.15) is 96.9 Å². The molecule has 0 bridgehead atoms. The van der Waals surface area contributed by atoms with Gasteiger partial charge < -0.3 is 77.1 Å². The number of alkyl carbamates (subject to hydrolysis) is 1. The monoisotopic (exact) mass is 1140 g/mol. The molecule has 4 aromatic carbocycles. The first kappa shape index (κ1) is 67.0. The van der Waals surface area contributed by atoms with E-state index < -0.39 is 83.8 Å². The van der Waals surface area contributed by atoms with Gasteiger partial charge in [-0.1, -0.05) is 48.5 Å². The van der Waals surface area contributed by atoms with Gasteiger partial charge >= 0.3 is 24.0 Å². The number of carboxylic acids is 1. The highest BCUT2D eigenvalue weighted by Crippen LogP contribution is 2.25. The van der Waals surface area contributed by atoms with E-state index in [9.17, 15) is 29.4 Å². The van der Waals surface area contributed by atoms with Crippen molar-refractivity contribution in [3.63, 3.8) is 0 Å². The molecule has 20 nitrogen and oxygen atoms in total. The number of benzene rings is 4. The first-order valence-corrected chi connectivity index (χ1v) is 27.0. The van der Waals surface area contributed by atoms with Crippen molar-refractivity contribution in [3.05, 3.63) is 119 Å². The lowest BCUT2D eigenvalue weighted by Crippen LogP contribution is -2.46. The van der Waals surface area contributed by atoms with E-state index in [1.54, 1.807) is 83.8 Å². The molecule has 0 unspecified atom stereocenters. The molecule has 5 rings (SSSR count). The molecule has 3 N–H and O–H groups in total. The first-order valence-electron chi connectivity index (χ1n) is 27.0. The molecule has 8 atom stereocenters. The number of aliphatic hydroxyl groups excluding tert-OH is 1. The van der Waals surface area contributed by atoms with Crippen LogP contribution in [-0.2, 0) is 83.4 Å². The van der Waals surface area contributed by atoms with Crippen LogP contribution in [0, 0.1) is 5.92 Å². The molecule has 1 aliphatic heterocycles. The highest BCUT2D eigenvalue weighted by Gasteiger charge is 2.36. The summed E-state index contributed by atoms with van der Waals surface area (Å²) < 4.78 is 73.9.